The number of nitrogens with two attached hydrogens (primary N) is 1. The van der Waals surface area contributed by atoms with Crippen LogP contribution in [0.5, 0.6) is 5.75 Å². The van der Waals surface area contributed by atoms with E-state index in [4.69, 9.17) is 20.1 Å². The van der Waals surface area contributed by atoms with Crippen molar-refractivity contribution in [3.05, 3.63) is 47.9 Å². The van der Waals surface area contributed by atoms with Crippen molar-refractivity contribution in [3.8, 4) is 11.8 Å². The van der Waals surface area contributed by atoms with E-state index in [9.17, 15) is 4.79 Å². The first-order valence-electron chi connectivity index (χ1n) is 5.93. The summed E-state index contributed by atoms with van der Waals surface area (Å²) in [6.07, 6.45) is 0. The third kappa shape index (κ3) is 3.37. The SMILES string of the molecule is N#CCOc1ccc(NC(=O)c2ccc(CN)o2)cc1. The number of carbonyl (C=O) groups excluding carboxylic acids is 1. The van der Waals surface area contributed by atoms with Crippen LogP contribution >= 0.6 is 0 Å². The lowest BCUT2D eigenvalue weighted by Gasteiger charge is -2.05. The molecule has 0 unspecified atom stereocenters. The topological polar surface area (TPSA) is 101 Å². The standard InChI is InChI=1S/C14H13N3O3/c15-7-8-19-11-3-1-10(2-4-11)17-14(18)13-6-5-12(9-16)20-13/h1-6H,8-9,16H2,(H,17,18). The van der Waals surface area contributed by atoms with Crippen LogP contribution < -0.4 is 15.8 Å². The minimum Gasteiger partial charge on any atom is -0.479 e. The number of hydrogen-bond acceptors (Lipinski definition) is 5. The number of anilines is 1. The summed E-state index contributed by atoms with van der Waals surface area (Å²) in [6, 6.07) is 11.8. The average molecular weight is 271 g/mol. The van der Waals surface area contributed by atoms with Gasteiger partial charge < -0.3 is 20.2 Å². The Bertz CT molecular complexity index is 626. The highest BCUT2D eigenvalue weighted by molar-refractivity contribution is 6.02. The molecule has 0 bridgehead atoms. The molecule has 1 aromatic carbocycles. The number of nitrogens with one attached hydrogen (secondary N) is 1. The Kier molecular flexibility index (Phi) is 4.37. The molecule has 1 aromatic heterocycles. The molecule has 0 spiro atoms. The lowest BCUT2D eigenvalue weighted by atomic mass is 10.3. The number of benzene rings is 1. The van der Waals surface area contributed by atoms with Crippen molar-refractivity contribution in [2.45, 2.75) is 6.54 Å². The molecule has 0 fully saturated rings. The Labute approximate surface area is 115 Å². The van der Waals surface area contributed by atoms with Gasteiger partial charge in [-0.15, -0.1) is 0 Å². The molecule has 0 saturated heterocycles. The second kappa shape index (κ2) is 6.41. The monoisotopic (exact) mass is 271 g/mol. The van der Waals surface area contributed by atoms with Gasteiger partial charge in [-0.2, -0.15) is 5.26 Å². The minimum atomic E-state index is -0.351. The second-order valence-electron chi connectivity index (χ2n) is 3.90. The highest BCUT2D eigenvalue weighted by atomic mass is 16.5. The zero-order valence-electron chi connectivity index (χ0n) is 10.6. The van der Waals surface area contributed by atoms with E-state index >= 15 is 0 Å². The maximum atomic E-state index is 11.9. The molecule has 1 heterocycles. The van der Waals surface area contributed by atoms with E-state index in [1.807, 2.05) is 6.07 Å². The Morgan fingerprint density at radius 3 is 2.65 bits per heavy atom. The van der Waals surface area contributed by atoms with Crippen LogP contribution in [0.15, 0.2) is 40.8 Å². The van der Waals surface area contributed by atoms with Gasteiger partial charge >= 0.3 is 0 Å². The number of carbonyl (C=O) groups is 1. The summed E-state index contributed by atoms with van der Waals surface area (Å²) in [6.45, 7) is 0.234. The van der Waals surface area contributed by atoms with Crippen LogP contribution in [0.1, 0.15) is 16.3 Å². The molecule has 0 aliphatic rings. The minimum absolute atomic E-state index is 0.0139. The number of rotatable bonds is 5. The molecule has 20 heavy (non-hydrogen) atoms. The van der Waals surface area contributed by atoms with Gasteiger partial charge in [-0.25, -0.2) is 0 Å². The van der Waals surface area contributed by atoms with Crippen LogP contribution in [0.4, 0.5) is 5.69 Å². The van der Waals surface area contributed by atoms with Gasteiger partial charge in [0.25, 0.3) is 5.91 Å². The number of nitrogens with zero attached hydrogens (tertiary/aromatic N) is 1. The van der Waals surface area contributed by atoms with Crippen molar-refractivity contribution >= 4 is 11.6 Å². The molecular weight excluding hydrogens is 258 g/mol. The quantitative estimate of drug-likeness (QED) is 0.864. The third-order valence-electron chi connectivity index (χ3n) is 2.50. The molecule has 0 atom stereocenters. The van der Waals surface area contributed by atoms with E-state index in [-0.39, 0.29) is 24.8 Å². The molecule has 0 aliphatic carbocycles. The fourth-order valence-electron chi connectivity index (χ4n) is 1.55. The van der Waals surface area contributed by atoms with Gasteiger partial charge in [0.2, 0.25) is 0 Å². The first-order chi connectivity index (χ1) is 9.72. The van der Waals surface area contributed by atoms with Crippen LogP contribution in [-0.4, -0.2) is 12.5 Å². The van der Waals surface area contributed by atoms with Crippen LogP contribution in [0, 0.1) is 11.3 Å². The van der Waals surface area contributed by atoms with E-state index in [0.29, 0.717) is 17.2 Å². The average Bonchev–Trinajstić information content (AvgIpc) is 2.95. The normalized spacial score (nSPS) is 9.80. The number of nitriles is 1. The molecule has 2 aromatic rings. The summed E-state index contributed by atoms with van der Waals surface area (Å²) in [5, 5.41) is 11.1. The fourth-order valence-corrected chi connectivity index (χ4v) is 1.55. The van der Waals surface area contributed by atoms with Crippen LogP contribution in [-0.2, 0) is 6.54 Å². The highest BCUT2D eigenvalue weighted by Gasteiger charge is 2.10. The Morgan fingerprint density at radius 1 is 1.30 bits per heavy atom. The highest BCUT2D eigenvalue weighted by Crippen LogP contribution is 2.17. The van der Waals surface area contributed by atoms with Crippen LogP contribution in [0.25, 0.3) is 0 Å². The van der Waals surface area contributed by atoms with E-state index in [1.165, 1.54) is 0 Å². The predicted molar refractivity (Wildman–Crippen MR) is 72.1 cm³/mol. The van der Waals surface area contributed by atoms with Gasteiger partial charge in [-0.05, 0) is 36.4 Å². The fraction of sp³-hybridized carbons (Fsp3) is 0.143. The molecular formula is C14H13N3O3. The maximum absolute atomic E-state index is 11.9. The summed E-state index contributed by atoms with van der Waals surface area (Å²) in [5.41, 5.74) is 6.01. The van der Waals surface area contributed by atoms with Crippen LogP contribution in [0.2, 0.25) is 0 Å². The molecule has 6 heteroatoms. The number of hydrogen-bond donors (Lipinski definition) is 2. The van der Waals surface area contributed by atoms with Gasteiger partial charge in [0.15, 0.2) is 12.4 Å². The van der Waals surface area contributed by atoms with Crippen molar-refractivity contribution in [1.29, 1.82) is 5.26 Å². The number of furan rings is 1. The molecule has 1 amide bonds. The molecule has 0 radical (unpaired) electrons. The van der Waals surface area contributed by atoms with Gasteiger partial charge in [0.1, 0.15) is 17.6 Å². The first kappa shape index (κ1) is 13.6. The van der Waals surface area contributed by atoms with Crippen LogP contribution in [0.3, 0.4) is 0 Å². The van der Waals surface area contributed by atoms with E-state index in [0.717, 1.165) is 0 Å². The maximum Gasteiger partial charge on any atom is 0.291 e. The zero-order chi connectivity index (χ0) is 14.4. The summed E-state index contributed by atoms with van der Waals surface area (Å²) in [5.74, 6) is 0.967. The molecule has 0 aliphatic heterocycles. The molecule has 0 saturated carbocycles. The van der Waals surface area contributed by atoms with Gasteiger partial charge in [-0.1, -0.05) is 0 Å². The lowest BCUT2D eigenvalue weighted by molar-refractivity contribution is 0.0995. The summed E-state index contributed by atoms with van der Waals surface area (Å²) < 4.78 is 10.4. The second-order valence-corrected chi connectivity index (χ2v) is 3.90. The zero-order valence-corrected chi connectivity index (χ0v) is 10.6. The molecule has 6 nitrogen and oxygen atoms in total. The first-order valence-corrected chi connectivity index (χ1v) is 5.93. The molecule has 3 N–H and O–H groups in total. The van der Waals surface area contributed by atoms with Crippen molar-refractivity contribution < 1.29 is 13.9 Å². The Morgan fingerprint density at radius 2 is 2.05 bits per heavy atom. The Hall–Kier alpha value is -2.78. The van der Waals surface area contributed by atoms with E-state index < -0.39 is 0 Å². The van der Waals surface area contributed by atoms with Gasteiger partial charge in [-0.3, -0.25) is 4.79 Å². The largest absolute Gasteiger partial charge is 0.479 e. The summed E-state index contributed by atoms with van der Waals surface area (Å²) >= 11 is 0. The number of amides is 1. The van der Waals surface area contributed by atoms with Gasteiger partial charge in [0.05, 0.1) is 6.54 Å². The molecule has 102 valence electrons. The van der Waals surface area contributed by atoms with E-state index in [1.54, 1.807) is 36.4 Å². The number of ether oxygens (including phenoxy) is 1. The predicted octanol–water partition coefficient (Wildman–Crippen LogP) is 1.89. The Balaban J connectivity index is 1.99. The third-order valence-corrected chi connectivity index (χ3v) is 2.50. The van der Waals surface area contributed by atoms with Gasteiger partial charge in [0, 0.05) is 5.69 Å². The van der Waals surface area contributed by atoms with Crippen molar-refractivity contribution in [1.82, 2.24) is 0 Å². The van der Waals surface area contributed by atoms with Crippen molar-refractivity contribution in [2.24, 2.45) is 5.73 Å². The smallest absolute Gasteiger partial charge is 0.291 e. The molecule has 2 rings (SSSR count). The lowest BCUT2D eigenvalue weighted by Crippen LogP contribution is -2.10. The van der Waals surface area contributed by atoms with E-state index in [2.05, 4.69) is 5.32 Å². The van der Waals surface area contributed by atoms with Crippen molar-refractivity contribution in [3.63, 3.8) is 0 Å². The summed E-state index contributed by atoms with van der Waals surface area (Å²) in [4.78, 5) is 11.9. The van der Waals surface area contributed by atoms with Crippen molar-refractivity contribution in [2.75, 3.05) is 11.9 Å². The summed E-state index contributed by atoms with van der Waals surface area (Å²) in [7, 11) is 0.